The second-order valence-corrected chi connectivity index (χ2v) is 7.89. The summed E-state index contributed by atoms with van der Waals surface area (Å²) in [5.41, 5.74) is 3.63. The number of phenols is 1. The van der Waals surface area contributed by atoms with E-state index < -0.39 is 0 Å². The third kappa shape index (κ3) is 2.06. The molecule has 1 N–H and O–H groups in total. The van der Waals surface area contributed by atoms with Gasteiger partial charge in [-0.3, -0.25) is 14.5 Å². The van der Waals surface area contributed by atoms with E-state index in [4.69, 9.17) is 0 Å². The lowest BCUT2D eigenvalue weighted by Gasteiger charge is -2.11. The van der Waals surface area contributed by atoms with Crippen LogP contribution in [0.15, 0.2) is 53.0 Å². The first kappa shape index (κ1) is 17.0. The summed E-state index contributed by atoms with van der Waals surface area (Å²) in [6, 6.07) is 14.7. The fraction of sp³-hybridized carbons (Fsp3) is 0.0909. The number of carbonyl (C=O) groups is 2. The molecule has 0 saturated heterocycles. The number of rotatable bonds is 1. The summed E-state index contributed by atoms with van der Waals surface area (Å²) in [4.78, 5) is 27.2. The maximum atomic E-state index is 13.0. The van der Waals surface area contributed by atoms with Gasteiger partial charge in [0, 0.05) is 46.0 Å². The molecule has 0 radical (unpaired) electrons. The molecule has 138 valence electrons. The molecular formula is C22H15BrN2O3. The Balaban J connectivity index is 2.04. The first-order valence-electron chi connectivity index (χ1n) is 8.75. The summed E-state index contributed by atoms with van der Waals surface area (Å²) in [6.45, 7) is 0. The topological polar surface area (TPSA) is 62.5 Å². The van der Waals surface area contributed by atoms with E-state index in [0.717, 1.165) is 31.2 Å². The van der Waals surface area contributed by atoms with Crippen LogP contribution in [0, 0.1) is 0 Å². The maximum Gasteiger partial charge on any atom is 0.262 e. The summed E-state index contributed by atoms with van der Waals surface area (Å²) < 4.78 is 2.91. The van der Waals surface area contributed by atoms with Crippen molar-refractivity contribution in [3.63, 3.8) is 0 Å². The molecule has 0 saturated carbocycles. The lowest BCUT2D eigenvalue weighted by atomic mass is 9.92. The van der Waals surface area contributed by atoms with Gasteiger partial charge in [0.2, 0.25) is 0 Å². The van der Waals surface area contributed by atoms with Crippen LogP contribution < -0.4 is 0 Å². The Morgan fingerprint density at radius 3 is 2.32 bits per heavy atom. The summed E-state index contributed by atoms with van der Waals surface area (Å²) in [5.74, 6) is -0.609. The van der Waals surface area contributed by atoms with Crippen molar-refractivity contribution in [2.45, 2.75) is 0 Å². The standard InChI is InChI=1S/C22H15BrN2O3/c1-24-15-8-7-11(23)9-14(15)18-16(24)10-13(12-5-3-4-6-17(12)26)19-20(18)22(28)25(2)21(19)27/h3-10,26H,1-2H3. The zero-order chi connectivity index (χ0) is 19.7. The van der Waals surface area contributed by atoms with E-state index >= 15 is 0 Å². The molecule has 1 aliphatic rings. The third-order valence-electron chi connectivity index (χ3n) is 5.49. The predicted octanol–water partition coefficient (Wildman–Crippen LogP) is 4.69. The van der Waals surface area contributed by atoms with E-state index in [-0.39, 0.29) is 17.6 Å². The number of hydrogen-bond acceptors (Lipinski definition) is 3. The van der Waals surface area contributed by atoms with Crippen LogP contribution in [-0.4, -0.2) is 33.4 Å². The second kappa shape index (κ2) is 5.69. The predicted molar refractivity (Wildman–Crippen MR) is 112 cm³/mol. The van der Waals surface area contributed by atoms with Gasteiger partial charge in [0.1, 0.15) is 5.75 Å². The highest BCUT2D eigenvalue weighted by Crippen LogP contribution is 2.43. The van der Waals surface area contributed by atoms with Crippen LogP contribution in [0.25, 0.3) is 32.9 Å². The molecule has 4 aromatic rings. The number of nitrogens with zero attached hydrogens (tertiary/aromatic N) is 2. The van der Waals surface area contributed by atoms with Crippen molar-refractivity contribution >= 4 is 49.6 Å². The van der Waals surface area contributed by atoms with Gasteiger partial charge in [0.15, 0.2) is 0 Å². The average Bonchev–Trinajstić information content (AvgIpc) is 3.08. The zero-order valence-corrected chi connectivity index (χ0v) is 16.7. The van der Waals surface area contributed by atoms with Gasteiger partial charge >= 0.3 is 0 Å². The number of para-hydroxylation sites is 1. The third-order valence-corrected chi connectivity index (χ3v) is 5.98. The van der Waals surface area contributed by atoms with Crippen molar-refractivity contribution in [3.8, 4) is 16.9 Å². The first-order chi connectivity index (χ1) is 13.4. The molecule has 5 rings (SSSR count). The van der Waals surface area contributed by atoms with Crippen LogP contribution in [0.2, 0.25) is 0 Å². The fourth-order valence-electron chi connectivity index (χ4n) is 4.11. The molecule has 2 heterocycles. The number of hydrogen-bond donors (Lipinski definition) is 1. The van der Waals surface area contributed by atoms with Gasteiger partial charge in [-0.2, -0.15) is 0 Å². The Bertz CT molecular complexity index is 1350. The van der Waals surface area contributed by atoms with Crippen LogP contribution in [-0.2, 0) is 7.05 Å². The van der Waals surface area contributed by atoms with Crippen LogP contribution in [0.3, 0.4) is 0 Å². The molecule has 0 spiro atoms. The van der Waals surface area contributed by atoms with Gasteiger partial charge in [-0.15, -0.1) is 0 Å². The summed E-state index contributed by atoms with van der Waals surface area (Å²) in [7, 11) is 3.43. The Kier molecular flexibility index (Phi) is 3.46. The minimum absolute atomic E-state index is 0.0698. The van der Waals surface area contributed by atoms with Gasteiger partial charge in [-0.25, -0.2) is 0 Å². The highest BCUT2D eigenvalue weighted by atomic mass is 79.9. The van der Waals surface area contributed by atoms with Crippen molar-refractivity contribution in [3.05, 3.63) is 64.1 Å². The molecule has 2 amide bonds. The summed E-state index contributed by atoms with van der Waals surface area (Å²) in [6.07, 6.45) is 0. The lowest BCUT2D eigenvalue weighted by Crippen LogP contribution is -2.24. The number of aromatic hydroxyl groups is 1. The minimum atomic E-state index is -0.354. The Labute approximate surface area is 168 Å². The average molecular weight is 435 g/mol. The lowest BCUT2D eigenvalue weighted by molar-refractivity contribution is 0.0694. The number of carbonyl (C=O) groups excluding carboxylic acids is 2. The number of fused-ring (bicyclic) bond motifs is 5. The van der Waals surface area contributed by atoms with E-state index in [1.54, 1.807) is 24.3 Å². The second-order valence-electron chi connectivity index (χ2n) is 6.98. The normalized spacial score (nSPS) is 13.8. The van der Waals surface area contributed by atoms with Crippen LogP contribution in [0.5, 0.6) is 5.75 Å². The van der Waals surface area contributed by atoms with E-state index in [2.05, 4.69) is 15.9 Å². The van der Waals surface area contributed by atoms with Crippen LogP contribution in [0.4, 0.5) is 0 Å². The van der Waals surface area contributed by atoms with Crippen LogP contribution >= 0.6 is 15.9 Å². The molecule has 0 aliphatic carbocycles. The molecule has 0 bridgehead atoms. The van der Waals surface area contributed by atoms with Gasteiger partial charge in [-0.1, -0.05) is 34.1 Å². The SMILES string of the molecule is CN1C(=O)c2c(-c3ccccc3O)cc3c(c2C1=O)c1cc(Br)ccc1n3C. The van der Waals surface area contributed by atoms with Crippen molar-refractivity contribution < 1.29 is 14.7 Å². The monoisotopic (exact) mass is 434 g/mol. The number of phenolic OH excluding ortho intramolecular Hbond substituents is 1. The molecule has 1 aliphatic heterocycles. The maximum absolute atomic E-state index is 13.0. The first-order valence-corrected chi connectivity index (χ1v) is 9.55. The van der Waals surface area contributed by atoms with E-state index in [0.29, 0.717) is 22.3 Å². The molecule has 3 aromatic carbocycles. The van der Waals surface area contributed by atoms with Crippen molar-refractivity contribution in [2.24, 2.45) is 7.05 Å². The Hall–Kier alpha value is -3.12. The van der Waals surface area contributed by atoms with E-state index in [9.17, 15) is 14.7 Å². The molecule has 0 atom stereocenters. The van der Waals surface area contributed by atoms with Gasteiger partial charge in [-0.05, 0) is 30.3 Å². The van der Waals surface area contributed by atoms with Crippen LogP contribution in [0.1, 0.15) is 20.7 Å². The smallest absolute Gasteiger partial charge is 0.262 e. The quantitative estimate of drug-likeness (QED) is 0.442. The Morgan fingerprint density at radius 2 is 1.57 bits per heavy atom. The molecular weight excluding hydrogens is 420 g/mol. The van der Waals surface area contributed by atoms with Gasteiger partial charge in [0.05, 0.1) is 16.6 Å². The van der Waals surface area contributed by atoms with Crippen molar-refractivity contribution in [1.82, 2.24) is 9.47 Å². The summed E-state index contributed by atoms with van der Waals surface area (Å²) >= 11 is 3.50. The number of halogens is 1. The molecule has 0 unspecified atom stereocenters. The molecule has 0 fully saturated rings. The van der Waals surface area contributed by atoms with Crippen molar-refractivity contribution in [1.29, 1.82) is 0 Å². The van der Waals surface area contributed by atoms with Gasteiger partial charge in [0.25, 0.3) is 11.8 Å². The number of benzene rings is 3. The largest absolute Gasteiger partial charge is 0.507 e. The van der Waals surface area contributed by atoms with E-state index in [1.165, 1.54) is 7.05 Å². The van der Waals surface area contributed by atoms with Crippen molar-refractivity contribution in [2.75, 3.05) is 7.05 Å². The molecule has 28 heavy (non-hydrogen) atoms. The number of imide groups is 1. The highest BCUT2D eigenvalue weighted by Gasteiger charge is 2.38. The van der Waals surface area contributed by atoms with E-state index in [1.807, 2.05) is 35.9 Å². The molecule has 1 aromatic heterocycles. The zero-order valence-electron chi connectivity index (χ0n) is 15.2. The highest BCUT2D eigenvalue weighted by molar-refractivity contribution is 9.10. The molecule has 6 heteroatoms. The molecule has 5 nitrogen and oxygen atoms in total. The van der Waals surface area contributed by atoms with Gasteiger partial charge < -0.3 is 9.67 Å². The number of amides is 2. The minimum Gasteiger partial charge on any atom is -0.507 e. The Morgan fingerprint density at radius 1 is 0.857 bits per heavy atom. The number of aromatic nitrogens is 1. The number of aryl methyl sites for hydroxylation is 1. The summed E-state index contributed by atoms with van der Waals surface area (Å²) in [5, 5.41) is 12.1. The fourth-order valence-corrected chi connectivity index (χ4v) is 4.48.